The Morgan fingerprint density at radius 3 is 2.94 bits per heavy atom. The van der Waals surface area contributed by atoms with Gasteiger partial charge in [-0.05, 0) is 25.6 Å². The van der Waals surface area contributed by atoms with Crippen LogP contribution in [0.5, 0.6) is 0 Å². The molecule has 0 amide bonds. The maximum Gasteiger partial charge on any atom is 0.129 e. The Morgan fingerprint density at radius 1 is 1.62 bits per heavy atom. The van der Waals surface area contributed by atoms with E-state index in [-0.39, 0.29) is 0 Å². The van der Waals surface area contributed by atoms with Gasteiger partial charge in [-0.15, -0.1) is 6.42 Å². The monoisotopic (exact) mass is 237 g/mol. The van der Waals surface area contributed by atoms with E-state index in [2.05, 4.69) is 16.2 Å². The fourth-order valence-corrected chi connectivity index (χ4v) is 1.60. The molecule has 1 aromatic heterocycles. The predicted molar refractivity (Wildman–Crippen MR) is 68.7 cm³/mol. The van der Waals surface area contributed by atoms with Gasteiger partial charge in [-0.2, -0.15) is 0 Å². The van der Waals surface area contributed by atoms with Crippen molar-refractivity contribution in [3.05, 3.63) is 22.8 Å². The molecular formula is C12H16ClN3. The molecule has 4 heteroatoms. The summed E-state index contributed by atoms with van der Waals surface area (Å²) >= 11 is 6.04. The van der Waals surface area contributed by atoms with Gasteiger partial charge < -0.3 is 10.2 Å². The number of aromatic nitrogens is 1. The molecule has 0 atom stereocenters. The van der Waals surface area contributed by atoms with E-state index in [1.165, 1.54) is 0 Å². The highest BCUT2D eigenvalue weighted by atomic mass is 35.5. The van der Waals surface area contributed by atoms with E-state index in [0.29, 0.717) is 11.6 Å². The number of rotatable bonds is 5. The number of nitrogens with one attached hydrogen (secondary N) is 1. The topological polar surface area (TPSA) is 28.2 Å². The SMILES string of the molecule is C#CCN(CC)c1cc(CNC)c(Cl)cn1. The first kappa shape index (κ1) is 12.8. The third kappa shape index (κ3) is 3.13. The molecule has 0 aromatic carbocycles. The minimum Gasteiger partial charge on any atom is -0.346 e. The Balaban J connectivity index is 2.96. The molecule has 0 aliphatic rings. The lowest BCUT2D eigenvalue weighted by atomic mass is 10.2. The van der Waals surface area contributed by atoms with Crippen molar-refractivity contribution in [2.45, 2.75) is 13.5 Å². The highest BCUT2D eigenvalue weighted by molar-refractivity contribution is 6.31. The van der Waals surface area contributed by atoms with Crippen LogP contribution in [0, 0.1) is 12.3 Å². The molecule has 1 N–H and O–H groups in total. The average Bonchev–Trinajstić information content (AvgIpc) is 2.29. The molecule has 1 rings (SSSR count). The summed E-state index contributed by atoms with van der Waals surface area (Å²) in [4.78, 5) is 6.30. The molecule has 0 aliphatic heterocycles. The van der Waals surface area contributed by atoms with Gasteiger partial charge in [0, 0.05) is 19.3 Å². The molecular weight excluding hydrogens is 222 g/mol. The van der Waals surface area contributed by atoms with Crippen molar-refractivity contribution in [1.82, 2.24) is 10.3 Å². The zero-order chi connectivity index (χ0) is 12.0. The normalized spacial score (nSPS) is 9.88. The summed E-state index contributed by atoms with van der Waals surface area (Å²) in [6.45, 7) is 4.16. The fourth-order valence-electron chi connectivity index (χ4n) is 1.43. The summed E-state index contributed by atoms with van der Waals surface area (Å²) in [6, 6.07) is 1.97. The van der Waals surface area contributed by atoms with Crippen LogP contribution >= 0.6 is 11.6 Å². The van der Waals surface area contributed by atoms with Crippen molar-refractivity contribution in [1.29, 1.82) is 0 Å². The largest absolute Gasteiger partial charge is 0.346 e. The predicted octanol–water partition coefficient (Wildman–Crippen LogP) is 1.91. The van der Waals surface area contributed by atoms with E-state index in [0.717, 1.165) is 24.5 Å². The van der Waals surface area contributed by atoms with Gasteiger partial charge in [-0.1, -0.05) is 17.5 Å². The molecule has 0 fully saturated rings. The van der Waals surface area contributed by atoms with Gasteiger partial charge in [0.1, 0.15) is 5.82 Å². The van der Waals surface area contributed by atoms with Crippen LogP contribution in [0.15, 0.2) is 12.3 Å². The Hall–Kier alpha value is -1.24. The third-order valence-electron chi connectivity index (χ3n) is 2.28. The standard InChI is InChI=1S/C12H16ClN3/c1-4-6-16(5-2)12-7-10(8-14-3)11(13)9-15-12/h1,7,9,14H,5-6,8H2,2-3H3. The summed E-state index contributed by atoms with van der Waals surface area (Å²) in [6.07, 6.45) is 6.98. The molecule has 0 aliphatic carbocycles. The van der Waals surface area contributed by atoms with E-state index < -0.39 is 0 Å². The second kappa shape index (κ2) is 6.37. The number of terminal acetylenes is 1. The van der Waals surface area contributed by atoms with Gasteiger partial charge in [0.25, 0.3) is 0 Å². The number of pyridine rings is 1. The van der Waals surface area contributed by atoms with Crippen LogP contribution in [0.1, 0.15) is 12.5 Å². The lowest BCUT2D eigenvalue weighted by molar-refractivity contribution is 0.811. The number of hydrogen-bond acceptors (Lipinski definition) is 3. The van der Waals surface area contributed by atoms with Crippen LogP contribution in [0.3, 0.4) is 0 Å². The molecule has 1 heterocycles. The highest BCUT2D eigenvalue weighted by Crippen LogP contribution is 2.20. The smallest absolute Gasteiger partial charge is 0.129 e. The molecule has 3 nitrogen and oxygen atoms in total. The number of nitrogens with zero attached hydrogens (tertiary/aromatic N) is 2. The van der Waals surface area contributed by atoms with Crippen molar-refractivity contribution >= 4 is 17.4 Å². The minimum atomic E-state index is 0.560. The lowest BCUT2D eigenvalue weighted by Gasteiger charge is -2.20. The third-order valence-corrected chi connectivity index (χ3v) is 2.62. The molecule has 0 unspecified atom stereocenters. The number of halogens is 1. The Morgan fingerprint density at radius 2 is 2.38 bits per heavy atom. The van der Waals surface area contributed by atoms with Crippen LogP contribution in [-0.2, 0) is 6.54 Å². The maximum atomic E-state index is 6.04. The van der Waals surface area contributed by atoms with Crippen LogP contribution in [-0.4, -0.2) is 25.1 Å². The van der Waals surface area contributed by atoms with Crippen LogP contribution in [0.2, 0.25) is 5.02 Å². The fraction of sp³-hybridized carbons (Fsp3) is 0.417. The van der Waals surface area contributed by atoms with Crippen molar-refractivity contribution in [2.24, 2.45) is 0 Å². The summed E-state index contributed by atoms with van der Waals surface area (Å²) < 4.78 is 0. The van der Waals surface area contributed by atoms with E-state index in [1.54, 1.807) is 6.20 Å². The first-order valence-electron chi connectivity index (χ1n) is 5.20. The lowest BCUT2D eigenvalue weighted by Crippen LogP contribution is -2.24. The van der Waals surface area contributed by atoms with Gasteiger partial charge in [-0.3, -0.25) is 0 Å². The minimum absolute atomic E-state index is 0.560. The van der Waals surface area contributed by atoms with Gasteiger partial charge in [0.15, 0.2) is 0 Å². The van der Waals surface area contributed by atoms with Crippen LogP contribution in [0.4, 0.5) is 5.82 Å². The summed E-state index contributed by atoms with van der Waals surface area (Å²) in [5, 5.41) is 3.75. The summed E-state index contributed by atoms with van der Waals surface area (Å²) in [5.41, 5.74) is 1.03. The molecule has 0 saturated heterocycles. The van der Waals surface area contributed by atoms with Crippen LogP contribution < -0.4 is 10.2 Å². The average molecular weight is 238 g/mol. The van der Waals surface area contributed by atoms with Gasteiger partial charge in [0.05, 0.1) is 11.6 Å². The Bertz CT molecular complexity index is 384. The molecule has 0 bridgehead atoms. The molecule has 86 valence electrons. The van der Waals surface area contributed by atoms with Crippen molar-refractivity contribution in [3.63, 3.8) is 0 Å². The summed E-state index contributed by atoms with van der Waals surface area (Å²) in [5.74, 6) is 3.49. The summed E-state index contributed by atoms with van der Waals surface area (Å²) in [7, 11) is 1.88. The second-order valence-electron chi connectivity index (χ2n) is 3.38. The zero-order valence-electron chi connectivity index (χ0n) is 9.63. The number of hydrogen-bond donors (Lipinski definition) is 1. The molecule has 1 aromatic rings. The zero-order valence-corrected chi connectivity index (χ0v) is 10.4. The molecule has 0 saturated carbocycles. The molecule has 0 spiro atoms. The second-order valence-corrected chi connectivity index (χ2v) is 3.79. The van der Waals surface area contributed by atoms with Gasteiger partial charge >= 0.3 is 0 Å². The molecule has 16 heavy (non-hydrogen) atoms. The van der Waals surface area contributed by atoms with E-state index in [9.17, 15) is 0 Å². The van der Waals surface area contributed by atoms with Crippen molar-refractivity contribution in [2.75, 3.05) is 25.0 Å². The van der Waals surface area contributed by atoms with E-state index >= 15 is 0 Å². The van der Waals surface area contributed by atoms with Crippen molar-refractivity contribution in [3.8, 4) is 12.3 Å². The van der Waals surface area contributed by atoms with Crippen molar-refractivity contribution < 1.29 is 0 Å². The number of anilines is 1. The Kier molecular flexibility index (Phi) is 5.10. The van der Waals surface area contributed by atoms with Gasteiger partial charge in [0.2, 0.25) is 0 Å². The van der Waals surface area contributed by atoms with E-state index in [1.807, 2.05) is 24.9 Å². The molecule has 0 radical (unpaired) electrons. The van der Waals surface area contributed by atoms with Gasteiger partial charge in [-0.25, -0.2) is 4.98 Å². The Labute approximate surface area is 102 Å². The van der Waals surface area contributed by atoms with Crippen LogP contribution in [0.25, 0.3) is 0 Å². The first-order chi connectivity index (χ1) is 7.72. The highest BCUT2D eigenvalue weighted by Gasteiger charge is 2.07. The first-order valence-corrected chi connectivity index (χ1v) is 5.58. The quantitative estimate of drug-likeness (QED) is 0.794. The maximum absolute atomic E-state index is 6.04. The van der Waals surface area contributed by atoms with E-state index in [4.69, 9.17) is 18.0 Å².